The molecule has 0 unspecified atom stereocenters. The van der Waals surface area contributed by atoms with Gasteiger partial charge in [0.2, 0.25) is 0 Å². The first-order chi connectivity index (χ1) is 7.86. The Bertz CT molecular complexity index is 356. The summed E-state index contributed by atoms with van der Waals surface area (Å²) in [6, 6.07) is 7.02. The van der Waals surface area contributed by atoms with Crippen molar-refractivity contribution in [2.75, 3.05) is 0 Å². The molecule has 18 heavy (non-hydrogen) atoms. The molecular weight excluding hydrogens is 282 g/mol. The van der Waals surface area contributed by atoms with E-state index in [2.05, 4.69) is 17.0 Å². The summed E-state index contributed by atoms with van der Waals surface area (Å²) in [6.45, 7) is 0. The quantitative estimate of drug-likeness (QED) is 0.649. The molecule has 0 aliphatic carbocycles. The van der Waals surface area contributed by atoms with E-state index in [-0.39, 0.29) is 22.3 Å². The zero-order valence-corrected chi connectivity index (χ0v) is 10.6. The highest BCUT2D eigenvalue weighted by Crippen LogP contribution is 2.01. The maximum absolute atomic E-state index is 9.77. The number of rotatable bonds is 2. The van der Waals surface area contributed by atoms with Gasteiger partial charge in [-0.1, -0.05) is 7.43 Å². The second-order valence-corrected chi connectivity index (χ2v) is 2.69. The van der Waals surface area contributed by atoms with Crippen molar-refractivity contribution in [1.82, 2.24) is 0 Å². The normalized spacial score (nSPS) is 7.28. The third-order valence-electron chi connectivity index (χ3n) is 1.40. The highest BCUT2D eigenvalue weighted by atomic mass is 32.1. The predicted octanol–water partition coefficient (Wildman–Crippen LogP) is 4.64. The fourth-order valence-corrected chi connectivity index (χ4v) is 0.941. The number of halogens is 2. The lowest BCUT2D eigenvalue weighted by atomic mass is 10.5. The molecular formula is C11H18F2O3S2. The van der Waals surface area contributed by atoms with Crippen LogP contribution in [0.2, 0.25) is 0 Å². The number of aldehydes is 1. The number of furan rings is 2. The Labute approximate surface area is 118 Å². The lowest BCUT2D eigenvalue weighted by molar-refractivity contribution is 0.108. The molecule has 0 saturated heterocycles. The van der Waals surface area contributed by atoms with Crippen LogP contribution in [-0.2, 0) is 5.75 Å². The van der Waals surface area contributed by atoms with Crippen LogP contribution in [0.4, 0.5) is 9.15 Å². The molecule has 0 fully saturated rings. The summed E-state index contributed by atoms with van der Waals surface area (Å²) in [5.41, 5.74) is 0. The maximum atomic E-state index is 9.77. The predicted molar refractivity (Wildman–Crippen MR) is 76.9 cm³/mol. The summed E-state index contributed by atoms with van der Waals surface area (Å²) in [7, 11) is 0. The number of carbonyl (C=O) groups excluding carboxylic acids is 1. The van der Waals surface area contributed by atoms with E-state index < -0.39 is 0 Å². The summed E-state index contributed by atoms with van der Waals surface area (Å²) < 4.78 is 25.5. The average Bonchev–Trinajstić information content (AvgIpc) is 3.05. The van der Waals surface area contributed by atoms with Crippen molar-refractivity contribution in [2.45, 2.75) is 13.2 Å². The van der Waals surface area contributed by atoms with Crippen LogP contribution < -0.4 is 0 Å². The molecule has 0 aliphatic rings. The van der Waals surface area contributed by atoms with Gasteiger partial charge >= 0.3 is 0 Å². The second-order valence-electron chi connectivity index (χ2n) is 2.37. The minimum absolute atomic E-state index is 0. The molecule has 0 aromatic carbocycles. The molecule has 106 valence electrons. The minimum atomic E-state index is 0. The molecule has 0 spiro atoms. The zero-order valence-electron chi connectivity index (χ0n) is 8.68. The third kappa shape index (κ3) is 9.98. The van der Waals surface area contributed by atoms with E-state index in [0.29, 0.717) is 17.8 Å². The van der Waals surface area contributed by atoms with Crippen molar-refractivity contribution in [3.63, 3.8) is 0 Å². The molecule has 7 heteroatoms. The van der Waals surface area contributed by atoms with Crippen molar-refractivity contribution in [2.24, 2.45) is 0 Å². The van der Waals surface area contributed by atoms with Crippen LogP contribution in [0.3, 0.4) is 0 Å². The molecule has 0 amide bonds. The molecule has 2 heterocycles. The van der Waals surface area contributed by atoms with Gasteiger partial charge < -0.3 is 8.83 Å². The molecule has 2 aromatic rings. The summed E-state index contributed by atoms with van der Waals surface area (Å²) in [4.78, 5) is 9.77. The number of hydrogen-bond acceptors (Lipinski definition) is 4. The van der Waals surface area contributed by atoms with Crippen LogP contribution in [0.25, 0.3) is 0 Å². The van der Waals surface area contributed by atoms with Crippen LogP contribution in [0.1, 0.15) is 25.2 Å². The Morgan fingerprint density at radius 2 is 1.78 bits per heavy atom. The van der Waals surface area contributed by atoms with Gasteiger partial charge in [-0.2, -0.15) is 26.1 Å². The van der Waals surface area contributed by atoms with Gasteiger partial charge in [0.1, 0.15) is 5.76 Å². The Morgan fingerprint density at radius 3 is 2.00 bits per heavy atom. The van der Waals surface area contributed by atoms with Gasteiger partial charge in [0.15, 0.2) is 12.0 Å². The molecule has 2 aromatic heterocycles. The maximum Gasteiger partial charge on any atom is 0.185 e. The summed E-state index contributed by atoms with van der Waals surface area (Å²) >= 11 is 3.98. The van der Waals surface area contributed by atoms with Crippen molar-refractivity contribution in [3.8, 4) is 0 Å². The van der Waals surface area contributed by atoms with Crippen molar-refractivity contribution >= 4 is 32.4 Å². The summed E-state index contributed by atoms with van der Waals surface area (Å²) in [5, 5.41) is 0. The molecule has 0 saturated carbocycles. The Kier molecular flexibility index (Phi) is 19.3. The molecule has 0 bridgehead atoms. The second kappa shape index (κ2) is 15.8. The van der Waals surface area contributed by atoms with E-state index in [9.17, 15) is 4.79 Å². The molecule has 0 aliphatic heterocycles. The summed E-state index contributed by atoms with van der Waals surface area (Å²) in [6.07, 6.45) is 3.77. The van der Waals surface area contributed by atoms with Gasteiger partial charge in [0.05, 0.1) is 12.5 Å². The van der Waals surface area contributed by atoms with Crippen molar-refractivity contribution < 1.29 is 24.2 Å². The topological polar surface area (TPSA) is 43.4 Å². The van der Waals surface area contributed by atoms with Gasteiger partial charge in [0.25, 0.3) is 0 Å². The number of carbonyl (C=O) groups is 1. The third-order valence-corrected chi connectivity index (χ3v) is 1.71. The molecule has 0 atom stereocenters. The number of hydrogen-bond donors (Lipinski definition) is 1. The fraction of sp³-hybridized carbons (Fsp3) is 0.182. The average molecular weight is 302 g/mol. The number of thiol groups is 1. The minimum Gasteiger partial charge on any atom is -0.468 e. The van der Waals surface area contributed by atoms with Gasteiger partial charge in [-0.15, -0.1) is 0 Å². The van der Waals surface area contributed by atoms with E-state index in [4.69, 9.17) is 13.6 Å². The van der Waals surface area contributed by atoms with E-state index in [1.54, 1.807) is 18.4 Å². The van der Waals surface area contributed by atoms with Gasteiger partial charge in [-0.3, -0.25) is 4.79 Å². The van der Waals surface area contributed by atoms with Gasteiger partial charge in [-0.25, -0.2) is 0 Å². The Hall–Kier alpha value is -1.21. The zero-order chi connectivity index (χ0) is 12.2. The highest BCUT2D eigenvalue weighted by Gasteiger charge is 1.85. The van der Waals surface area contributed by atoms with Crippen molar-refractivity contribution in [3.05, 3.63) is 48.3 Å². The first kappa shape index (κ1) is 22.0. The van der Waals surface area contributed by atoms with E-state index >= 15 is 0 Å². The van der Waals surface area contributed by atoms with Crippen LogP contribution in [0.5, 0.6) is 0 Å². The monoisotopic (exact) mass is 302 g/mol. The molecule has 3 nitrogen and oxygen atoms in total. The van der Waals surface area contributed by atoms with Crippen LogP contribution >= 0.6 is 26.1 Å². The van der Waals surface area contributed by atoms with Crippen LogP contribution in [0.15, 0.2) is 45.6 Å². The lowest BCUT2D eigenvalue weighted by Gasteiger charge is -1.79. The SMILES string of the molecule is C.FF.O=Cc1ccco1.S.SCc1ccco1.[3HH]. The van der Waals surface area contributed by atoms with Crippen molar-refractivity contribution in [1.29, 1.82) is 0 Å². The van der Waals surface area contributed by atoms with E-state index in [1.165, 1.54) is 6.26 Å². The van der Waals surface area contributed by atoms with Gasteiger partial charge in [-0.05, 0) is 24.3 Å². The lowest BCUT2D eigenvalue weighted by Crippen LogP contribution is -1.65. The fourth-order valence-electron chi connectivity index (χ4n) is 0.761. The standard InChI is InChI=1S/C5H4O2.C5H6OS.CH4.F2.H2S.H2/c6-4-5-2-1-3-7-5;7-4-5-2-1-3-6-5;;1-2;;/h1-4H;1-3,7H,4H2;1H4;;1H2;1H/i;;;;;1+2. The van der Waals surface area contributed by atoms with E-state index in [0.717, 1.165) is 5.76 Å². The molecule has 2 rings (SSSR count). The van der Waals surface area contributed by atoms with Crippen LogP contribution in [-0.4, -0.2) is 6.29 Å². The van der Waals surface area contributed by atoms with E-state index in [1.807, 2.05) is 12.1 Å². The van der Waals surface area contributed by atoms with Gasteiger partial charge in [0, 0.05) is 16.3 Å². The first-order valence-corrected chi connectivity index (χ1v) is 4.76. The smallest absolute Gasteiger partial charge is 0.185 e. The van der Waals surface area contributed by atoms with Crippen LogP contribution in [0, 0.1) is 0 Å². The molecule has 0 radical (unpaired) electrons. The largest absolute Gasteiger partial charge is 0.468 e. The summed E-state index contributed by atoms with van der Waals surface area (Å²) in [5.74, 6) is 1.98. The Balaban J connectivity index is -0.0000000919. The highest BCUT2D eigenvalue weighted by molar-refractivity contribution is 7.79. The first-order valence-electron chi connectivity index (χ1n) is 4.13. The Morgan fingerprint density at radius 1 is 1.22 bits per heavy atom. The molecule has 0 N–H and O–H groups in total.